The summed E-state index contributed by atoms with van der Waals surface area (Å²) in [5.41, 5.74) is 8.39. The summed E-state index contributed by atoms with van der Waals surface area (Å²) in [7, 11) is 1.64. The van der Waals surface area contributed by atoms with Gasteiger partial charge in [-0.3, -0.25) is 0 Å². The number of primary amides is 1. The van der Waals surface area contributed by atoms with Crippen LogP contribution in [0.15, 0.2) is 24.3 Å². The fraction of sp³-hybridized carbons (Fsp3) is 0.286. The Labute approximate surface area is 116 Å². The van der Waals surface area contributed by atoms with Crippen LogP contribution in [0.4, 0.5) is 10.6 Å². The lowest BCUT2D eigenvalue weighted by Gasteiger charge is -2.03. The lowest BCUT2D eigenvalue weighted by Crippen LogP contribution is -2.22. The molecule has 3 rings (SSSR count). The third-order valence-electron chi connectivity index (χ3n) is 3.45. The van der Waals surface area contributed by atoms with E-state index in [4.69, 9.17) is 10.5 Å². The number of hydrogen-bond acceptors (Lipinski definition) is 4. The molecule has 0 bridgehead atoms. The van der Waals surface area contributed by atoms with Crippen molar-refractivity contribution in [1.29, 1.82) is 0 Å². The van der Waals surface area contributed by atoms with Crippen molar-refractivity contribution in [3.8, 4) is 5.75 Å². The minimum absolute atomic E-state index is 0.562. The summed E-state index contributed by atoms with van der Waals surface area (Å²) < 4.78 is 6.46. The zero-order chi connectivity index (χ0) is 14.1. The predicted molar refractivity (Wildman–Crippen MR) is 75.2 cm³/mol. The number of amides is 1. The van der Waals surface area contributed by atoms with E-state index in [1.54, 1.807) is 7.11 Å². The number of nitrogens with one attached hydrogen (secondary N) is 1. The van der Waals surface area contributed by atoms with E-state index in [0.29, 0.717) is 6.42 Å². The van der Waals surface area contributed by atoms with Crippen LogP contribution >= 0.6 is 0 Å². The molecule has 0 unspecified atom stereocenters. The molecule has 1 aromatic carbocycles. The third-order valence-corrected chi connectivity index (χ3v) is 3.45. The lowest BCUT2D eigenvalue weighted by molar-refractivity contribution is 0.248. The van der Waals surface area contributed by atoms with E-state index in [1.807, 2.05) is 24.3 Å². The zero-order valence-electron chi connectivity index (χ0n) is 11.2. The van der Waals surface area contributed by atoms with E-state index in [0.717, 1.165) is 41.4 Å². The second kappa shape index (κ2) is 4.88. The molecule has 1 aromatic heterocycles. The van der Waals surface area contributed by atoms with Gasteiger partial charge in [-0.25, -0.2) is 4.79 Å². The Hall–Kier alpha value is -2.50. The first-order valence-electron chi connectivity index (χ1n) is 6.46. The second-order valence-corrected chi connectivity index (χ2v) is 4.73. The third kappa shape index (κ3) is 2.09. The highest BCUT2D eigenvalue weighted by Gasteiger charge is 2.24. The smallest absolute Gasteiger partial charge is 0.341 e. The number of nitrogens with two attached hydrogens (primary N) is 1. The SMILES string of the molecule is COc1cccc(Cc2nn(C(N)=O)c3c2CCN3)c1. The van der Waals surface area contributed by atoms with Crippen LogP contribution in [0, 0.1) is 0 Å². The fourth-order valence-corrected chi connectivity index (χ4v) is 2.52. The van der Waals surface area contributed by atoms with Crippen LogP contribution in [0.2, 0.25) is 0 Å². The number of methoxy groups -OCH3 is 1. The van der Waals surface area contributed by atoms with E-state index in [2.05, 4.69) is 10.4 Å². The molecule has 6 nitrogen and oxygen atoms in total. The van der Waals surface area contributed by atoms with Gasteiger partial charge in [0.15, 0.2) is 0 Å². The number of benzene rings is 1. The molecule has 20 heavy (non-hydrogen) atoms. The topological polar surface area (TPSA) is 82.2 Å². The molecule has 0 fully saturated rings. The number of nitrogens with zero attached hydrogens (tertiary/aromatic N) is 2. The number of rotatable bonds is 3. The maximum atomic E-state index is 11.4. The number of fused-ring (bicyclic) bond motifs is 1. The van der Waals surface area contributed by atoms with E-state index < -0.39 is 6.03 Å². The van der Waals surface area contributed by atoms with Crippen molar-refractivity contribution in [2.75, 3.05) is 19.0 Å². The summed E-state index contributed by atoms with van der Waals surface area (Å²) in [6.45, 7) is 0.811. The van der Waals surface area contributed by atoms with Gasteiger partial charge in [0.2, 0.25) is 0 Å². The Morgan fingerprint density at radius 1 is 1.55 bits per heavy atom. The van der Waals surface area contributed by atoms with Crippen LogP contribution in [0.3, 0.4) is 0 Å². The lowest BCUT2D eigenvalue weighted by atomic mass is 10.1. The Morgan fingerprint density at radius 2 is 2.40 bits per heavy atom. The van der Waals surface area contributed by atoms with Gasteiger partial charge >= 0.3 is 6.03 Å². The summed E-state index contributed by atoms with van der Waals surface area (Å²) in [6.07, 6.45) is 1.52. The van der Waals surface area contributed by atoms with Crippen LogP contribution in [0.1, 0.15) is 16.8 Å². The van der Waals surface area contributed by atoms with E-state index in [-0.39, 0.29) is 0 Å². The molecule has 0 atom stereocenters. The number of anilines is 1. The van der Waals surface area contributed by atoms with Gasteiger partial charge in [0.1, 0.15) is 11.6 Å². The first kappa shape index (κ1) is 12.5. The molecule has 1 aliphatic rings. The summed E-state index contributed by atoms with van der Waals surface area (Å²) in [4.78, 5) is 11.4. The van der Waals surface area contributed by atoms with Crippen molar-refractivity contribution in [3.05, 3.63) is 41.1 Å². The Bertz CT molecular complexity index is 663. The van der Waals surface area contributed by atoms with Gasteiger partial charge in [0.05, 0.1) is 12.8 Å². The maximum Gasteiger partial charge on any atom is 0.341 e. The molecule has 0 radical (unpaired) electrons. The van der Waals surface area contributed by atoms with Crippen LogP contribution in [0.25, 0.3) is 0 Å². The van der Waals surface area contributed by atoms with Gasteiger partial charge in [-0.2, -0.15) is 9.78 Å². The molecule has 3 N–H and O–H groups in total. The Kier molecular flexibility index (Phi) is 3.06. The number of aromatic nitrogens is 2. The highest BCUT2D eigenvalue weighted by atomic mass is 16.5. The van der Waals surface area contributed by atoms with Gasteiger partial charge in [0.25, 0.3) is 0 Å². The van der Waals surface area contributed by atoms with Gasteiger partial charge < -0.3 is 15.8 Å². The molecule has 1 aliphatic heterocycles. The summed E-state index contributed by atoms with van der Waals surface area (Å²) in [5, 5.41) is 7.47. The highest BCUT2D eigenvalue weighted by molar-refractivity contribution is 5.79. The van der Waals surface area contributed by atoms with Crippen molar-refractivity contribution >= 4 is 11.8 Å². The van der Waals surface area contributed by atoms with Gasteiger partial charge in [-0.1, -0.05) is 12.1 Å². The van der Waals surface area contributed by atoms with Gasteiger partial charge in [-0.05, 0) is 24.1 Å². The van der Waals surface area contributed by atoms with Crippen molar-refractivity contribution in [3.63, 3.8) is 0 Å². The average molecular weight is 272 g/mol. The molecule has 104 valence electrons. The van der Waals surface area contributed by atoms with Crippen LogP contribution in [-0.2, 0) is 12.8 Å². The minimum atomic E-state index is -0.562. The Balaban J connectivity index is 1.95. The normalized spacial score (nSPS) is 12.8. The second-order valence-electron chi connectivity index (χ2n) is 4.73. The molecular weight excluding hydrogens is 256 g/mol. The number of carbonyl (C=O) groups is 1. The standard InChI is InChI=1S/C14H16N4O2/c1-20-10-4-2-3-9(7-10)8-12-11-5-6-16-13(11)18(17-12)14(15)19/h2-4,7,16H,5-6,8H2,1H3,(H2,15,19). The molecule has 0 saturated carbocycles. The van der Waals surface area contributed by atoms with E-state index in [1.165, 1.54) is 4.68 Å². The zero-order valence-corrected chi connectivity index (χ0v) is 11.2. The van der Waals surface area contributed by atoms with E-state index in [9.17, 15) is 4.79 Å². The molecule has 1 amide bonds. The summed E-state index contributed by atoms with van der Waals surface area (Å²) in [5.74, 6) is 1.54. The van der Waals surface area contributed by atoms with Crippen LogP contribution < -0.4 is 15.8 Å². The molecule has 0 aliphatic carbocycles. The summed E-state index contributed by atoms with van der Waals surface area (Å²) >= 11 is 0. The van der Waals surface area contributed by atoms with Gasteiger partial charge in [0, 0.05) is 18.5 Å². The molecule has 0 spiro atoms. The van der Waals surface area contributed by atoms with Gasteiger partial charge in [-0.15, -0.1) is 0 Å². The number of carbonyl (C=O) groups excluding carboxylic acids is 1. The molecule has 2 aromatic rings. The first-order chi connectivity index (χ1) is 9.69. The molecule has 6 heteroatoms. The van der Waals surface area contributed by atoms with Crippen LogP contribution in [-0.4, -0.2) is 29.5 Å². The number of ether oxygens (including phenoxy) is 1. The molecule has 2 heterocycles. The van der Waals surface area contributed by atoms with Crippen molar-refractivity contribution < 1.29 is 9.53 Å². The average Bonchev–Trinajstić information content (AvgIpc) is 3.02. The Morgan fingerprint density at radius 3 is 3.15 bits per heavy atom. The molecular formula is C14H16N4O2. The molecule has 0 saturated heterocycles. The first-order valence-corrected chi connectivity index (χ1v) is 6.46. The van der Waals surface area contributed by atoms with Crippen molar-refractivity contribution in [2.45, 2.75) is 12.8 Å². The monoisotopic (exact) mass is 272 g/mol. The number of hydrogen-bond donors (Lipinski definition) is 2. The van der Waals surface area contributed by atoms with Crippen molar-refractivity contribution in [2.24, 2.45) is 5.73 Å². The quantitative estimate of drug-likeness (QED) is 0.884. The van der Waals surface area contributed by atoms with E-state index >= 15 is 0 Å². The largest absolute Gasteiger partial charge is 0.497 e. The highest BCUT2D eigenvalue weighted by Crippen LogP contribution is 2.27. The summed E-state index contributed by atoms with van der Waals surface area (Å²) in [6, 6.07) is 7.26. The predicted octanol–water partition coefficient (Wildman–Crippen LogP) is 1.38. The maximum absolute atomic E-state index is 11.4. The van der Waals surface area contributed by atoms with Crippen molar-refractivity contribution in [1.82, 2.24) is 9.78 Å². The van der Waals surface area contributed by atoms with Crippen LogP contribution in [0.5, 0.6) is 5.75 Å². The fourth-order valence-electron chi connectivity index (χ4n) is 2.52. The minimum Gasteiger partial charge on any atom is -0.497 e.